The zero-order chi connectivity index (χ0) is 27.9. The molecule has 1 fully saturated rings. The Kier molecular flexibility index (Phi) is 8.71. The van der Waals surface area contributed by atoms with Crippen LogP contribution in [0.2, 0.25) is 0 Å². The van der Waals surface area contributed by atoms with Gasteiger partial charge in [-0.15, -0.1) is 0 Å². The zero-order valence-electron chi connectivity index (χ0n) is 22.3. The zero-order valence-corrected chi connectivity index (χ0v) is 22.3. The molecule has 0 aliphatic carbocycles. The molecule has 0 spiro atoms. The van der Waals surface area contributed by atoms with Crippen LogP contribution >= 0.6 is 0 Å². The standard InChI is InChI=1S/C26H32N6O7/c1-16-23(25(34)37-4)24(29-26(35)28-16)17-5-7-19(20(13-17)36-3)38-15-21(33)30-27-14-18-6-8-22(39-18)32-11-9-31(2)10-12-32/h5-8,13-14,24H,9-12,15H2,1-4H3,(H,30,33)(H2,28,29,35)/b27-14-/t24-/m1/s1. The first-order valence-corrected chi connectivity index (χ1v) is 12.3. The third-order valence-electron chi connectivity index (χ3n) is 6.36. The molecule has 0 bridgehead atoms. The van der Waals surface area contributed by atoms with Gasteiger partial charge >= 0.3 is 12.0 Å². The number of nitrogens with zero attached hydrogens (tertiary/aromatic N) is 3. The van der Waals surface area contributed by atoms with Gasteiger partial charge in [-0.3, -0.25) is 4.79 Å². The van der Waals surface area contributed by atoms with Crippen molar-refractivity contribution in [2.45, 2.75) is 13.0 Å². The van der Waals surface area contributed by atoms with E-state index < -0.39 is 23.9 Å². The van der Waals surface area contributed by atoms with Crippen molar-refractivity contribution in [2.24, 2.45) is 5.10 Å². The fraction of sp³-hybridized carbons (Fsp3) is 0.385. The highest BCUT2D eigenvalue weighted by molar-refractivity contribution is 5.95. The Morgan fingerprint density at radius 3 is 2.64 bits per heavy atom. The maximum Gasteiger partial charge on any atom is 0.337 e. The summed E-state index contributed by atoms with van der Waals surface area (Å²) >= 11 is 0. The molecule has 1 saturated heterocycles. The van der Waals surface area contributed by atoms with E-state index in [2.05, 4.69) is 38.0 Å². The summed E-state index contributed by atoms with van der Waals surface area (Å²) in [7, 11) is 4.80. The first-order chi connectivity index (χ1) is 18.8. The molecule has 2 aromatic rings. The van der Waals surface area contributed by atoms with E-state index in [1.807, 2.05) is 6.07 Å². The van der Waals surface area contributed by atoms with Crippen molar-refractivity contribution < 1.29 is 33.0 Å². The number of anilines is 1. The van der Waals surface area contributed by atoms with Gasteiger partial charge in [-0.05, 0) is 37.7 Å². The van der Waals surface area contributed by atoms with Gasteiger partial charge in [-0.1, -0.05) is 6.07 Å². The lowest BCUT2D eigenvalue weighted by Crippen LogP contribution is -2.45. The smallest absolute Gasteiger partial charge is 0.337 e. The van der Waals surface area contributed by atoms with Gasteiger partial charge in [0.05, 0.1) is 32.0 Å². The van der Waals surface area contributed by atoms with Crippen LogP contribution in [0.5, 0.6) is 11.5 Å². The Hall–Kier alpha value is -4.52. The van der Waals surface area contributed by atoms with Gasteiger partial charge in [0.15, 0.2) is 24.0 Å². The molecule has 0 radical (unpaired) electrons. The normalized spacial score (nSPS) is 18.0. The Morgan fingerprint density at radius 2 is 1.92 bits per heavy atom. The molecule has 4 rings (SSSR count). The number of nitrogens with one attached hydrogen (secondary N) is 3. The molecular weight excluding hydrogens is 508 g/mol. The van der Waals surface area contributed by atoms with Crippen LogP contribution in [0.15, 0.2) is 51.1 Å². The molecule has 1 atom stereocenters. The molecule has 1 aromatic heterocycles. The second-order valence-electron chi connectivity index (χ2n) is 9.02. The van der Waals surface area contributed by atoms with Crippen LogP contribution in [0.3, 0.4) is 0 Å². The van der Waals surface area contributed by atoms with E-state index in [4.69, 9.17) is 18.6 Å². The first-order valence-electron chi connectivity index (χ1n) is 12.3. The van der Waals surface area contributed by atoms with Gasteiger partial charge in [-0.25, -0.2) is 15.0 Å². The fourth-order valence-electron chi connectivity index (χ4n) is 4.26. The van der Waals surface area contributed by atoms with E-state index in [0.717, 1.165) is 32.1 Å². The van der Waals surface area contributed by atoms with Crippen molar-refractivity contribution in [3.8, 4) is 11.5 Å². The minimum Gasteiger partial charge on any atom is -0.493 e. The van der Waals surface area contributed by atoms with Crippen LogP contribution in [0, 0.1) is 0 Å². The van der Waals surface area contributed by atoms with Crippen molar-refractivity contribution in [1.29, 1.82) is 0 Å². The summed E-state index contributed by atoms with van der Waals surface area (Å²) < 4.78 is 21.7. The number of benzene rings is 1. The topological polar surface area (TPSA) is 147 Å². The largest absolute Gasteiger partial charge is 0.493 e. The summed E-state index contributed by atoms with van der Waals surface area (Å²) in [5.41, 5.74) is 3.62. The van der Waals surface area contributed by atoms with Gasteiger partial charge in [-0.2, -0.15) is 5.10 Å². The molecule has 3 heterocycles. The number of likely N-dealkylation sites (N-methyl/N-ethyl adjacent to an activating group) is 1. The van der Waals surface area contributed by atoms with E-state index in [1.54, 1.807) is 31.2 Å². The number of methoxy groups -OCH3 is 2. The van der Waals surface area contributed by atoms with Crippen LogP contribution in [0.1, 0.15) is 24.3 Å². The molecule has 13 heteroatoms. The highest BCUT2D eigenvalue weighted by Gasteiger charge is 2.32. The minimum absolute atomic E-state index is 0.261. The number of amides is 3. The van der Waals surface area contributed by atoms with Crippen molar-refractivity contribution in [3.05, 3.63) is 52.9 Å². The molecular formula is C26H32N6O7. The maximum atomic E-state index is 12.3. The summed E-state index contributed by atoms with van der Waals surface area (Å²) in [5, 5.41) is 9.22. The average Bonchev–Trinajstić information content (AvgIpc) is 3.40. The van der Waals surface area contributed by atoms with Crippen LogP contribution < -0.4 is 30.4 Å². The SMILES string of the molecule is COC(=O)C1=C(C)NC(=O)N[C@@H]1c1ccc(OCC(=O)N/N=C\c2ccc(N3CCN(C)CC3)o2)c(OC)c1. The van der Waals surface area contributed by atoms with Gasteiger partial charge in [0.25, 0.3) is 5.91 Å². The maximum absolute atomic E-state index is 12.3. The predicted octanol–water partition coefficient (Wildman–Crippen LogP) is 1.37. The molecule has 2 aliphatic rings. The Bertz CT molecular complexity index is 1280. The number of allylic oxidation sites excluding steroid dienone is 1. The summed E-state index contributed by atoms with van der Waals surface area (Å²) in [6.45, 7) is 4.99. The van der Waals surface area contributed by atoms with E-state index in [1.165, 1.54) is 20.4 Å². The number of carbonyl (C=O) groups is 3. The molecule has 1 aromatic carbocycles. The number of piperazine rings is 1. The fourth-order valence-corrected chi connectivity index (χ4v) is 4.26. The third kappa shape index (κ3) is 6.68. The Balaban J connectivity index is 1.34. The number of ether oxygens (including phenoxy) is 3. The number of rotatable bonds is 9. The predicted molar refractivity (Wildman–Crippen MR) is 142 cm³/mol. The lowest BCUT2D eigenvalue weighted by atomic mass is 9.95. The van der Waals surface area contributed by atoms with E-state index in [9.17, 15) is 14.4 Å². The second-order valence-corrected chi connectivity index (χ2v) is 9.02. The van der Waals surface area contributed by atoms with Crippen LogP contribution in [0.25, 0.3) is 0 Å². The van der Waals surface area contributed by atoms with Crippen molar-refractivity contribution in [3.63, 3.8) is 0 Å². The number of hydrogen-bond acceptors (Lipinski definition) is 10. The van der Waals surface area contributed by atoms with Gasteiger partial charge in [0, 0.05) is 37.9 Å². The molecule has 208 valence electrons. The molecule has 3 N–H and O–H groups in total. The van der Waals surface area contributed by atoms with Crippen LogP contribution in [0.4, 0.5) is 10.7 Å². The van der Waals surface area contributed by atoms with Crippen LogP contribution in [-0.4, -0.2) is 83.1 Å². The number of carbonyl (C=O) groups excluding carboxylic acids is 3. The Labute approximate surface area is 225 Å². The number of hydrazone groups is 1. The summed E-state index contributed by atoms with van der Waals surface area (Å²) in [6.07, 6.45) is 1.43. The monoisotopic (exact) mass is 540 g/mol. The molecule has 13 nitrogen and oxygen atoms in total. The molecule has 0 unspecified atom stereocenters. The van der Waals surface area contributed by atoms with Crippen molar-refractivity contribution in [2.75, 3.05) is 59.0 Å². The second kappa shape index (κ2) is 12.3. The number of furan rings is 1. The lowest BCUT2D eigenvalue weighted by Gasteiger charge is -2.32. The number of urea groups is 1. The minimum atomic E-state index is -0.759. The highest BCUT2D eigenvalue weighted by Crippen LogP contribution is 2.34. The summed E-state index contributed by atoms with van der Waals surface area (Å²) in [6, 6.07) is 7.33. The van der Waals surface area contributed by atoms with E-state index >= 15 is 0 Å². The van der Waals surface area contributed by atoms with E-state index in [-0.39, 0.29) is 12.2 Å². The number of hydrogen-bond donors (Lipinski definition) is 3. The van der Waals surface area contributed by atoms with Gasteiger partial charge < -0.3 is 39.1 Å². The molecule has 0 saturated carbocycles. The van der Waals surface area contributed by atoms with Gasteiger partial charge in [0.2, 0.25) is 0 Å². The summed E-state index contributed by atoms with van der Waals surface area (Å²) in [5.74, 6) is 0.826. The summed E-state index contributed by atoms with van der Waals surface area (Å²) in [4.78, 5) is 41.1. The highest BCUT2D eigenvalue weighted by atomic mass is 16.5. The molecule has 3 amide bonds. The van der Waals surface area contributed by atoms with Crippen LogP contribution in [-0.2, 0) is 14.3 Å². The number of esters is 1. The first kappa shape index (κ1) is 27.5. The van der Waals surface area contributed by atoms with Crippen molar-refractivity contribution in [1.82, 2.24) is 21.0 Å². The van der Waals surface area contributed by atoms with E-state index in [0.29, 0.717) is 28.5 Å². The third-order valence-corrected chi connectivity index (χ3v) is 6.36. The van der Waals surface area contributed by atoms with Gasteiger partial charge in [0.1, 0.15) is 5.76 Å². The average molecular weight is 541 g/mol. The lowest BCUT2D eigenvalue weighted by molar-refractivity contribution is -0.136. The Morgan fingerprint density at radius 1 is 1.15 bits per heavy atom. The molecule has 2 aliphatic heterocycles. The molecule has 39 heavy (non-hydrogen) atoms. The quantitative estimate of drug-likeness (QED) is 0.244. The van der Waals surface area contributed by atoms with Crippen molar-refractivity contribution >= 4 is 30.0 Å².